The van der Waals surface area contributed by atoms with E-state index in [9.17, 15) is 14.4 Å². The van der Waals surface area contributed by atoms with Gasteiger partial charge in [-0.1, -0.05) is 55.8 Å². The molecule has 1 atom stereocenters. The number of ether oxygens (including phenoxy) is 1. The van der Waals surface area contributed by atoms with Crippen LogP contribution in [0, 0.1) is 0 Å². The third-order valence-electron chi connectivity index (χ3n) is 4.80. The molecule has 1 aromatic heterocycles. The smallest absolute Gasteiger partial charge is 0.359 e. The molecule has 3 aromatic rings. The van der Waals surface area contributed by atoms with Crippen molar-refractivity contribution in [2.45, 2.75) is 39.3 Å². The van der Waals surface area contributed by atoms with E-state index < -0.39 is 18.5 Å². The van der Waals surface area contributed by atoms with Gasteiger partial charge in [-0.15, -0.1) is 0 Å². The molecule has 0 aliphatic carbocycles. The number of aryl methyl sites for hydroxylation is 1. The number of benzene rings is 2. The van der Waals surface area contributed by atoms with Crippen molar-refractivity contribution in [1.82, 2.24) is 15.1 Å². The van der Waals surface area contributed by atoms with Crippen LogP contribution in [0.25, 0.3) is 10.8 Å². The number of esters is 1. The first-order chi connectivity index (χ1) is 14.5. The number of hydrogen-bond acceptors (Lipinski definition) is 5. The molecule has 156 valence electrons. The number of rotatable bonds is 8. The Labute approximate surface area is 174 Å². The zero-order valence-electron chi connectivity index (χ0n) is 17.1. The van der Waals surface area contributed by atoms with Gasteiger partial charge in [0.2, 0.25) is 0 Å². The zero-order valence-corrected chi connectivity index (χ0v) is 17.1. The summed E-state index contributed by atoms with van der Waals surface area (Å²) in [4.78, 5) is 36.3. The first kappa shape index (κ1) is 21.2. The Morgan fingerprint density at radius 3 is 2.67 bits per heavy atom. The molecular weight excluding hydrogens is 382 g/mol. The van der Waals surface area contributed by atoms with Crippen molar-refractivity contribution in [1.29, 1.82) is 0 Å². The van der Waals surface area contributed by atoms with Gasteiger partial charge in [0.25, 0.3) is 11.5 Å². The molecule has 0 fully saturated rings. The number of carbonyl (C=O) groups is 2. The van der Waals surface area contributed by atoms with Crippen molar-refractivity contribution < 1.29 is 14.3 Å². The molecule has 0 saturated carbocycles. The van der Waals surface area contributed by atoms with Gasteiger partial charge in [0.1, 0.15) is 0 Å². The van der Waals surface area contributed by atoms with Crippen molar-refractivity contribution in [3.05, 3.63) is 76.2 Å². The summed E-state index contributed by atoms with van der Waals surface area (Å²) in [7, 11) is 0. The van der Waals surface area contributed by atoms with Gasteiger partial charge < -0.3 is 10.1 Å². The first-order valence-electron chi connectivity index (χ1n) is 10.0. The highest BCUT2D eigenvalue weighted by Gasteiger charge is 2.16. The van der Waals surface area contributed by atoms with Gasteiger partial charge in [-0.25, -0.2) is 9.48 Å². The molecule has 30 heavy (non-hydrogen) atoms. The Balaban J connectivity index is 1.60. The van der Waals surface area contributed by atoms with E-state index in [1.165, 1.54) is 16.8 Å². The van der Waals surface area contributed by atoms with Crippen molar-refractivity contribution in [2.75, 3.05) is 6.61 Å². The minimum absolute atomic E-state index is 0.000560. The summed E-state index contributed by atoms with van der Waals surface area (Å²) in [6, 6.07) is 16.2. The standard InChI is InChI=1S/C23H25N3O4/c1-3-4-14-26-22(28)13-12-20(25-26)23(29)30-15-21(27)24-16(2)18-11-7-9-17-8-5-6-10-19(17)18/h5-13,16H,3-4,14-15H2,1-2H3,(H,24,27). The molecule has 1 unspecified atom stereocenters. The maximum atomic E-state index is 12.3. The number of carbonyl (C=O) groups excluding carboxylic acids is 2. The molecule has 0 aliphatic rings. The summed E-state index contributed by atoms with van der Waals surface area (Å²) >= 11 is 0. The Morgan fingerprint density at radius 1 is 1.10 bits per heavy atom. The van der Waals surface area contributed by atoms with Crippen LogP contribution in [0.2, 0.25) is 0 Å². The van der Waals surface area contributed by atoms with Crippen LogP contribution >= 0.6 is 0 Å². The monoisotopic (exact) mass is 407 g/mol. The maximum Gasteiger partial charge on any atom is 0.359 e. The molecule has 0 spiro atoms. The quantitative estimate of drug-likeness (QED) is 0.579. The Kier molecular flexibility index (Phi) is 6.95. The lowest BCUT2D eigenvalue weighted by Gasteiger charge is -2.16. The van der Waals surface area contributed by atoms with E-state index in [2.05, 4.69) is 10.4 Å². The number of aromatic nitrogens is 2. The molecule has 3 rings (SSSR count). The normalized spacial score (nSPS) is 11.8. The molecule has 1 N–H and O–H groups in total. The summed E-state index contributed by atoms with van der Waals surface area (Å²) < 4.78 is 6.32. The Bertz CT molecular complexity index is 1100. The van der Waals surface area contributed by atoms with Gasteiger partial charge in [0.15, 0.2) is 12.3 Å². The number of unbranched alkanes of at least 4 members (excludes halogenated alkanes) is 1. The summed E-state index contributed by atoms with van der Waals surface area (Å²) in [5.41, 5.74) is 0.708. The molecule has 1 amide bonds. The van der Waals surface area contributed by atoms with E-state index in [4.69, 9.17) is 4.74 Å². The number of hydrogen-bond donors (Lipinski definition) is 1. The van der Waals surface area contributed by atoms with Crippen LogP contribution in [0.5, 0.6) is 0 Å². The van der Waals surface area contributed by atoms with E-state index in [-0.39, 0.29) is 17.3 Å². The third-order valence-corrected chi connectivity index (χ3v) is 4.80. The second kappa shape index (κ2) is 9.82. The fourth-order valence-corrected chi connectivity index (χ4v) is 3.22. The Hall–Kier alpha value is -3.48. The molecule has 2 aromatic carbocycles. The average molecular weight is 407 g/mol. The molecule has 0 aliphatic heterocycles. The third kappa shape index (κ3) is 5.11. The molecule has 7 nitrogen and oxygen atoms in total. The van der Waals surface area contributed by atoms with Gasteiger partial charge in [0.05, 0.1) is 6.04 Å². The summed E-state index contributed by atoms with van der Waals surface area (Å²) in [6.07, 6.45) is 1.68. The number of fused-ring (bicyclic) bond motifs is 1. The largest absolute Gasteiger partial charge is 0.451 e. The van der Waals surface area contributed by atoms with Gasteiger partial charge in [-0.05, 0) is 35.7 Å². The lowest BCUT2D eigenvalue weighted by atomic mass is 10.00. The summed E-state index contributed by atoms with van der Waals surface area (Å²) in [5.74, 6) is -1.16. The van der Waals surface area contributed by atoms with E-state index in [1.54, 1.807) is 0 Å². The highest BCUT2D eigenvalue weighted by molar-refractivity contribution is 5.90. The lowest BCUT2D eigenvalue weighted by Crippen LogP contribution is -2.32. The zero-order chi connectivity index (χ0) is 21.5. The lowest BCUT2D eigenvalue weighted by molar-refractivity contribution is -0.124. The van der Waals surface area contributed by atoms with E-state index in [0.717, 1.165) is 29.2 Å². The molecule has 7 heteroatoms. The minimum Gasteiger partial charge on any atom is -0.451 e. The maximum absolute atomic E-state index is 12.3. The Morgan fingerprint density at radius 2 is 1.87 bits per heavy atom. The van der Waals surface area contributed by atoms with Crippen molar-refractivity contribution in [3.8, 4) is 0 Å². The van der Waals surface area contributed by atoms with E-state index in [0.29, 0.717) is 6.54 Å². The number of nitrogens with one attached hydrogen (secondary N) is 1. The average Bonchev–Trinajstić information content (AvgIpc) is 2.76. The van der Waals surface area contributed by atoms with Crippen LogP contribution in [-0.2, 0) is 16.1 Å². The second-order valence-electron chi connectivity index (χ2n) is 7.07. The van der Waals surface area contributed by atoms with Crippen LogP contribution < -0.4 is 10.9 Å². The first-order valence-corrected chi connectivity index (χ1v) is 10.0. The fourth-order valence-electron chi connectivity index (χ4n) is 3.22. The van der Waals surface area contributed by atoms with Crippen LogP contribution in [-0.4, -0.2) is 28.3 Å². The number of amides is 1. The highest BCUT2D eigenvalue weighted by atomic mass is 16.5. The van der Waals surface area contributed by atoms with Gasteiger partial charge >= 0.3 is 5.97 Å². The van der Waals surface area contributed by atoms with Crippen LogP contribution in [0.1, 0.15) is 48.8 Å². The van der Waals surface area contributed by atoms with Gasteiger partial charge in [0, 0.05) is 12.6 Å². The molecule has 0 radical (unpaired) electrons. The minimum atomic E-state index is -0.742. The predicted octanol–water partition coefficient (Wildman–Crippen LogP) is 3.23. The molecule has 1 heterocycles. The highest BCUT2D eigenvalue weighted by Crippen LogP contribution is 2.23. The van der Waals surface area contributed by atoms with Crippen molar-refractivity contribution >= 4 is 22.6 Å². The van der Waals surface area contributed by atoms with E-state index >= 15 is 0 Å². The van der Waals surface area contributed by atoms with Crippen molar-refractivity contribution in [2.24, 2.45) is 0 Å². The van der Waals surface area contributed by atoms with Crippen molar-refractivity contribution in [3.63, 3.8) is 0 Å². The summed E-state index contributed by atoms with van der Waals surface area (Å²) in [6.45, 7) is 3.89. The van der Waals surface area contributed by atoms with Crippen LogP contribution in [0.3, 0.4) is 0 Å². The SMILES string of the molecule is CCCCn1nc(C(=O)OCC(=O)NC(C)c2cccc3ccccc23)ccc1=O. The molecular formula is C23H25N3O4. The van der Waals surface area contributed by atoms with Gasteiger partial charge in [-0.2, -0.15) is 5.10 Å². The fraction of sp³-hybridized carbons (Fsp3) is 0.304. The molecule has 0 saturated heterocycles. The van der Waals surface area contributed by atoms with Crippen LogP contribution in [0.15, 0.2) is 59.4 Å². The summed E-state index contributed by atoms with van der Waals surface area (Å²) in [5, 5.41) is 9.03. The van der Waals surface area contributed by atoms with E-state index in [1.807, 2.05) is 56.3 Å². The second-order valence-corrected chi connectivity index (χ2v) is 7.07. The van der Waals surface area contributed by atoms with Gasteiger partial charge in [-0.3, -0.25) is 9.59 Å². The van der Waals surface area contributed by atoms with Crippen LogP contribution in [0.4, 0.5) is 0 Å². The molecule has 0 bridgehead atoms. The number of nitrogens with zero attached hydrogens (tertiary/aromatic N) is 2. The topological polar surface area (TPSA) is 90.3 Å². The predicted molar refractivity (Wildman–Crippen MR) is 114 cm³/mol.